The molecule has 2 heteroatoms. The van der Waals surface area contributed by atoms with Gasteiger partial charge < -0.3 is 4.79 Å². The molecule has 11 heavy (non-hydrogen) atoms. The molecule has 0 aromatic heterocycles. The fraction of sp³-hybridized carbons (Fsp3) is 0.889. The first-order chi connectivity index (χ1) is 5.24. The Morgan fingerprint density at radius 1 is 1.45 bits per heavy atom. The summed E-state index contributed by atoms with van der Waals surface area (Å²) in [6, 6.07) is 0.608. The second kappa shape index (κ2) is 3.86. The lowest BCUT2D eigenvalue weighted by atomic mass is 9.95. The Hall–Kier alpha value is -0.370. The fourth-order valence-corrected chi connectivity index (χ4v) is 1.73. The summed E-state index contributed by atoms with van der Waals surface area (Å²) in [5, 5.41) is 0. The van der Waals surface area contributed by atoms with Gasteiger partial charge in [-0.25, -0.2) is 0 Å². The predicted molar refractivity (Wildman–Crippen MR) is 45.5 cm³/mol. The number of likely N-dealkylation sites (tertiary alicyclic amines) is 1. The van der Waals surface area contributed by atoms with Crippen molar-refractivity contribution < 1.29 is 4.79 Å². The zero-order valence-corrected chi connectivity index (χ0v) is 7.42. The van der Waals surface area contributed by atoms with E-state index in [-0.39, 0.29) is 0 Å². The maximum Gasteiger partial charge on any atom is 0.133 e. The molecule has 0 aliphatic carbocycles. The first-order valence-corrected chi connectivity index (χ1v) is 4.41. The molecule has 0 N–H and O–H groups in total. The Morgan fingerprint density at radius 2 is 2.18 bits per heavy atom. The van der Waals surface area contributed by atoms with Crippen molar-refractivity contribution in [2.24, 2.45) is 5.92 Å². The van der Waals surface area contributed by atoms with Crippen LogP contribution in [-0.4, -0.2) is 30.3 Å². The van der Waals surface area contributed by atoms with Gasteiger partial charge in [-0.05, 0) is 25.7 Å². The number of hydrogen-bond donors (Lipinski definition) is 0. The Labute approximate surface area is 68.6 Å². The van der Waals surface area contributed by atoms with Crippen LogP contribution in [0.5, 0.6) is 0 Å². The normalized spacial score (nSPS) is 33.6. The summed E-state index contributed by atoms with van der Waals surface area (Å²) < 4.78 is 0. The number of carbonyl (C=O) groups excluding carboxylic acids is 1. The van der Waals surface area contributed by atoms with Gasteiger partial charge in [0.05, 0.1) is 6.54 Å². The van der Waals surface area contributed by atoms with E-state index in [1.54, 1.807) is 0 Å². The van der Waals surface area contributed by atoms with E-state index in [0.717, 1.165) is 18.7 Å². The van der Waals surface area contributed by atoms with Crippen LogP contribution >= 0.6 is 0 Å². The standard InChI is InChI=1S/C9H17NO/c1-8-3-4-9(2)10(7-8)5-6-11/h6,8-9H,3-5,7H2,1-2H3. The van der Waals surface area contributed by atoms with Crippen LogP contribution in [0, 0.1) is 5.92 Å². The van der Waals surface area contributed by atoms with Crippen molar-refractivity contribution in [1.82, 2.24) is 4.90 Å². The highest BCUT2D eigenvalue weighted by molar-refractivity contribution is 5.52. The summed E-state index contributed by atoms with van der Waals surface area (Å²) in [4.78, 5) is 12.5. The maximum atomic E-state index is 10.3. The lowest BCUT2D eigenvalue weighted by Crippen LogP contribution is -2.41. The summed E-state index contributed by atoms with van der Waals surface area (Å²) in [5.74, 6) is 0.770. The molecule has 1 aliphatic heterocycles. The van der Waals surface area contributed by atoms with E-state index in [1.807, 2.05) is 0 Å². The molecular formula is C9H17NO. The second-order valence-corrected chi connectivity index (χ2v) is 3.65. The molecule has 2 unspecified atom stereocenters. The van der Waals surface area contributed by atoms with Gasteiger partial charge in [-0.15, -0.1) is 0 Å². The number of carbonyl (C=O) groups is 1. The lowest BCUT2D eigenvalue weighted by molar-refractivity contribution is -0.109. The summed E-state index contributed by atoms with van der Waals surface area (Å²) in [7, 11) is 0. The Balaban J connectivity index is 2.40. The molecule has 1 rings (SSSR count). The van der Waals surface area contributed by atoms with Crippen molar-refractivity contribution in [2.45, 2.75) is 32.7 Å². The minimum atomic E-state index is 0.608. The molecule has 0 bridgehead atoms. The highest BCUT2D eigenvalue weighted by Crippen LogP contribution is 2.20. The first-order valence-electron chi connectivity index (χ1n) is 4.41. The van der Waals surface area contributed by atoms with Gasteiger partial charge in [-0.3, -0.25) is 4.90 Å². The van der Waals surface area contributed by atoms with Gasteiger partial charge in [0.15, 0.2) is 0 Å². The average molecular weight is 155 g/mol. The fourth-order valence-electron chi connectivity index (χ4n) is 1.73. The van der Waals surface area contributed by atoms with Gasteiger partial charge in [-0.1, -0.05) is 6.92 Å². The van der Waals surface area contributed by atoms with Crippen molar-refractivity contribution in [2.75, 3.05) is 13.1 Å². The smallest absolute Gasteiger partial charge is 0.133 e. The van der Waals surface area contributed by atoms with Gasteiger partial charge in [0.25, 0.3) is 0 Å². The van der Waals surface area contributed by atoms with Gasteiger partial charge in [-0.2, -0.15) is 0 Å². The van der Waals surface area contributed by atoms with Crippen LogP contribution < -0.4 is 0 Å². The number of aldehydes is 1. The SMILES string of the molecule is CC1CCC(C)N(CC=O)C1. The van der Waals surface area contributed by atoms with Crippen LogP contribution in [0.15, 0.2) is 0 Å². The molecule has 0 aromatic carbocycles. The molecule has 0 amide bonds. The summed E-state index contributed by atoms with van der Waals surface area (Å²) in [6.45, 7) is 6.17. The third-order valence-corrected chi connectivity index (χ3v) is 2.56. The summed E-state index contributed by atoms with van der Waals surface area (Å²) in [6.07, 6.45) is 3.57. The largest absolute Gasteiger partial charge is 0.302 e. The zero-order chi connectivity index (χ0) is 8.27. The van der Waals surface area contributed by atoms with Gasteiger partial charge in [0, 0.05) is 12.6 Å². The topological polar surface area (TPSA) is 20.3 Å². The molecule has 1 saturated heterocycles. The van der Waals surface area contributed by atoms with Crippen LogP contribution in [0.2, 0.25) is 0 Å². The second-order valence-electron chi connectivity index (χ2n) is 3.65. The Morgan fingerprint density at radius 3 is 2.82 bits per heavy atom. The van der Waals surface area contributed by atoms with E-state index in [1.165, 1.54) is 12.8 Å². The van der Waals surface area contributed by atoms with E-state index >= 15 is 0 Å². The van der Waals surface area contributed by atoms with Crippen molar-refractivity contribution in [1.29, 1.82) is 0 Å². The predicted octanol–water partition coefficient (Wildman–Crippen LogP) is 1.31. The lowest BCUT2D eigenvalue weighted by Gasteiger charge is -2.35. The first kappa shape index (κ1) is 8.72. The minimum absolute atomic E-state index is 0.608. The van der Waals surface area contributed by atoms with Crippen molar-refractivity contribution in [3.05, 3.63) is 0 Å². The zero-order valence-electron chi connectivity index (χ0n) is 7.42. The third-order valence-electron chi connectivity index (χ3n) is 2.56. The van der Waals surface area contributed by atoms with Crippen LogP contribution in [0.3, 0.4) is 0 Å². The molecule has 0 aromatic rings. The molecular weight excluding hydrogens is 138 g/mol. The van der Waals surface area contributed by atoms with E-state index < -0.39 is 0 Å². The summed E-state index contributed by atoms with van der Waals surface area (Å²) >= 11 is 0. The number of rotatable bonds is 2. The third kappa shape index (κ3) is 2.29. The molecule has 2 atom stereocenters. The van der Waals surface area contributed by atoms with Crippen LogP contribution in [0.1, 0.15) is 26.7 Å². The van der Waals surface area contributed by atoms with E-state index in [0.29, 0.717) is 12.6 Å². The molecule has 1 heterocycles. The maximum absolute atomic E-state index is 10.3. The summed E-state index contributed by atoms with van der Waals surface area (Å²) in [5.41, 5.74) is 0. The van der Waals surface area contributed by atoms with Crippen molar-refractivity contribution in [3.63, 3.8) is 0 Å². The average Bonchev–Trinajstić information content (AvgIpc) is 1.98. The molecule has 2 nitrogen and oxygen atoms in total. The highest BCUT2D eigenvalue weighted by Gasteiger charge is 2.21. The van der Waals surface area contributed by atoms with E-state index in [2.05, 4.69) is 18.7 Å². The van der Waals surface area contributed by atoms with E-state index in [4.69, 9.17) is 0 Å². The minimum Gasteiger partial charge on any atom is -0.302 e. The van der Waals surface area contributed by atoms with Crippen LogP contribution in [-0.2, 0) is 4.79 Å². The molecule has 0 spiro atoms. The monoisotopic (exact) mass is 155 g/mol. The number of hydrogen-bond acceptors (Lipinski definition) is 2. The van der Waals surface area contributed by atoms with Crippen molar-refractivity contribution in [3.8, 4) is 0 Å². The van der Waals surface area contributed by atoms with Crippen LogP contribution in [0.25, 0.3) is 0 Å². The highest BCUT2D eigenvalue weighted by atomic mass is 16.1. The molecule has 1 aliphatic rings. The van der Waals surface area contributed by atoms with Gasteiger partial charge in [0.2, 0.25) is 0 Å². The van der Waals surface area contributed by atoms with Crippen molar-refractivity contribution >= 4 is 6.29 Å². The van der Waals surface area contributed by atoms with Crippen LogP contribution in [0.4, 0.5) is 0 Å². The van der Waals surface area contributed by atoms with Gasteiger partial charge in [0.1, 0.15) is 6.29 Å². The molecule has 64 valence electrons. The number of piperidine rings is 1. The number of nitrogens with zero attached hydrogens (tertiary/aromatic N) is 1. The molecule has 0 radical (unpaired) electrons. The Kier molecular flexibility index (Phi) is 3.06. The van der Waals surface area contributed by atoms with Gasteiger partial charge >= 0.3 is 0 Å². The molecule has 0 saturated carbocycles. The van der Waals surface area contributed by atoms with E-state index in [9.17, 15) is 4.79 Å². The quantitative estimate of drug-likeness (QED) is 0.560. The molecule has 1 fully saturated rings. The Bertz CT molecular complexity index is 136.